The zero-order valence-corrected chi connectivity index (χ0v) is 23.3. The molecule has 9 nitrogen and oxygen atoms in total. The molecule has 1 saturated carbocycles. The molecule has 2 aromatic carbocycles. The van der Waals surface area contributed by atoms with E-state index in [4.69, 9.17) is 4.74 Å². The Morgan fingerprint density at radius 2 is 1.72 bits per heavy atom. The Labute approximate surface area is 232 Å². The summed E-state index contributed by atoms with van der Waals surface area (Å²) >= 11 is -1.22. The molecule has 2 atom stereocenters. The maximum absolute atomic E-state index is 13.5. The first-order chi connectivity index (χ1) is 18.8. The molecule has 0 N–H and O–H groups in total. The van der Waals surface area contributed by atoms with E-state index in [0.29, 0.717) is 63.0 Å². The number of ether oxygens (including phenoxy) is 1. The second kappa shape index (κ2) is 10.3. The van der Waals surface area contributed by atoms with E-state index in [9.17, 15) is 14.6 Å². The second-order valence-electron chi connectivity index (χ2n) is 11.3. The Morgan fingerprint density at radius 3 is 2.33 bits per heavy atom. The van der Waals surface area contributed by atoms with Gasteiger partial charge in [-0.2, -0.15) is 9.78 Å². The maximum atomic E-state index is 13.5. The number of hydrogen-bond donors (Lipinski definition) is 0. The van der Waals surface area contributed by atoms with Gasteiger partial charge in [0, 0.05) is 35.4 Å². The van der Waals surface area contributed by atoms with Crippen LogP contribution in [0.4, 0.5) is 11.4 Å². The minimum absolute atomic E-state index is 0.125. The van der Waals surface area contributed by atoms with Gasteiger partial charge in [-0.15, -0.1) is 4.31 Å². The number of benzene rings is 2. The molecule has 0 spiro atoms. The maximum Gasteiger partial charge on any atom is 0.316 e. The van der Waals surface area contributed by atoms with E-state index in [1.165, 1.54) is 4.68 Å². The molecule has 2 aliphatic heterocycles. The van der Waals surface area contributed by atoms with E-state index in [-0.39, 0.29) is 20.9 Å². The molecular formula is C29H35N5O4S. The van der Waals surface area contributed by atoms with Gasteiger partial charge in [-0.3, -0.25) is 4.79 Å². The van der Waals surface area contributed by atoms with Gasteiger partial charge in [-0.25, -0.2) is 0 Å². The average molecular weight is 550 g/mol. The van der Waals surface area contributed by atoms with Gasteiger partial charge in [-0.05, 0) is 56.2 Å². The minimum Gasteiger partial charge on any atom is -0.627 e. The summed E-state index contributed by atoms with van der Waals surface area (Å²) in [4.78, 5) is 15.7. The first-order valence-corrected chi connectivity index (χ1v) is 14.8. The molecule has 3 aliphatic rings. The van der Waals surface area contributed by atoms with Crippen molar-refractivity contribution >= 4 is 22.7 Å². The van der Waals surface area contributed by atoms with Gasteiger partial charge in [0.05, 0.1) is 31.6 Å². The lowest BCUT2D eigenvalue weighted by Crippen LogP contribution is -2.50. The fourth-order valence-electron chi connectivity index (χ4n) is 4.96. The summed E-state index contributed by atoms with van der Waals surface area (Å²) < 4.78 is 22.8. The minimum atomic E-state index is -1.22. The molecule has 0 radical (unpaired) electrons. The smallest absolute Gasteiger partial charge is 0.316 e. The summed E-state index contributed by atoms with van der Waals surface area (Å²) in [5.41, 5.74) is 2.97. The molecule has 0 amide bonds. The molecule has 2 saturated heterocycles. The molecule has 10 heteroatoms. The quantitative estimate of drug-likeness (QED) is 0.173. The zero-order valence-electron chi connectivity index (χ0n) is 22.5. The Hall–Kier alpha value is -2.89. The first kappa shape index (κ1) is 26.3. The van der Waals surface area contributed by atoms with Crippen LogP contribution in [0, 0.1) is 10.6 Å². The van der Waals surface area contributed by atoms with E-state index < -0.39 is 11.4 Å². The predicted octanol–water partition coefficient (Wildman–Crippen LogP) is 3.78. The number of anilines is 1. The summed E-state index contributed by atoms with van der Waals surface area (Å²) in [6, 6.07) is 17.0. The summed E-state index contributed by atoms with van der Waals surface area (Å²) in [5, 5.41) is 16.6. The standard InChI is InChI=1S/C29H35N5O4S/c1-22(23-8-10-25(11-9-23)34(36)18-19-34)39(37)32-16-14-31(15-17-32)26-20-30-33(24-6-4-3-5-7-24)28(35)27(26)38-21-29(2)12-13-29/h3-11,20,22H,12-19,21H2,1-2H3. The lowest BCUT2D eigenvalue weighted by Gasteiger charge is -2.37. The van der Waals surface area contributed by atoms with E-state index in [2.05, 4.69) is 16.9 Å². The Bertz CT molecular complexity index is 1370. The number of hydroxylamine groups is 2. The van der Waals surface area contributed by atoms with Gasteiger partial charge < -0.3 is 24.0 Å². The average Bonchev–Trinajstić information content (AvgIpc) is 3.90. The molecule has 2 unspecified atom stereocenters. The van der Waals surface area contributed by atoms with Crippen molar-refractivity contribution in [3.8, 4) is 11.4 Å². The Balaban J connectivity index is 1.16. The van der Waals surface area contributed by atoms with E-state index >= 15 is 0 Å². The van der Waals surface area contributed by atoms with Crippen LogP contribution in [-0.4, -0.2) is 64.5 Å². The zero-order chi connectivity index (χ0) is 27.2. The van der Waals surface area contributed by atoms with Crippen molar-refractivity contribution in [3.63, 3.8) is 0 Å². The number of rotatable bonds is 9. The molecule has 3 aromatic rings. The number of para-hydroxylation sites is 1. The third kappa shape index (κ3) is 5.44. The summed E-state index contributed by atoms with van der Waals surface area (Å²) in [6.45, 7) is 8.31. The van der Waals surface area contributed by atoms with Gasteiger partial charge in [-0.1, -0.05) is 25.1 Å². The largest absolute Gasteiger partial charge is 0.627 e. The van der Waals surface area contributed by atoms with Crippen LogP contribution in [-0.2, 0) is 11.4 Å². The van der Waals surface area contributed by atoms with Crippen molar-refractivity contribution < 1.29 is 9.29 Å². The SMILES string of the molecule is CC(c1ccc([N+]2([O-])CC2)cc1)[S+]([O-])N1CCN(c2cnn(-c3ccccc3)c(=O)c2OCC2(C)CC2)CC1. The van der Waals surface area contributed by atoms with Crippen LogP contribution in [0.5, 0.6) is 5.75 Å². The van der Waals surface area contributed by atoms with Crippen LogP contribution in [0.25, 0.3) is 5.69 Å². The fraction of sp³-hybridized carbons (Fsp3) is 0.448. The number of quaternary nitrogens is 1. The van der Waals surface area contributed by atoms with Crippen molar-refractivity contribution in [2.75, 3.05) is 50.8 Å². The molecule has 3 fully saturated rings. The predicted molar refractivity (Wildman–Crippen MR) is 154 cm³/mol. The van der Waals surface area contributed by atoms with Crippen LogP contribution in [0.3, 0.4) is 0 Å². The highest BCUT2D eigenvalue weighted by atomic mass is 32.2. The van der Waals surface area contributed by atoms with Gasteiger partial charge in [0.15, 0.2) is 5.25 Å². The van der Waals surface area contributed by atoms with Gasteiger partial charge in [0.2, 0.25) is 5.75 Å². The van der Waals surface area contributed by atoms with Gasteiger partial charge >= 0.3 is 5.56 Å². The fourth-order valence-corrected chi connectivity index (χ4v) is 6.32. The number of aromatic nitrogens is 2. The highest BCUT2D eigenvalue weighted by molar-refractivity contribution is 7.89. The third-order valence-electron chi connectivity index (χ3n) is 8.18. The van der Waals surface area contributed by atoms with E-state index in [0.717, 1.165) is 24.1 Å². The third-order valence-corrected chi connectivity index (χ3v) is 9.93. The van der Waals surface area contributed by atoms with Crippen LogP contribution in [0.1, 0.15) is 37.5 Å². The Morgan fingerprint density at radius 1 is 1.05 bits per heavy atom. The molecule has 0 bridgehead atoms. The summed E-state index contributed by atoms with van der Waals surface area (Å²) in [7, 11) is 0. The van der Waals surface area contributed by atoms with Gasteiger partial charge in [0.1, 0.15) is 24.5 Å². The lowest BCUT2D eigenvalue weighted by atomic mass is 10.1. The lowest BCUT2D eigenvalue weighted by molar-refractivity contribution is 0.242. The summed E-state index contributed by atoms with van der Waals surface area (Å²) in [6.07, 6.45) is 3.92. The van der Waals surface area contributed by atoms with Gasteiger partial charge in [0.25, 0.3) is 0 Å². The first-order valence-electron chi connectivity index (χ1n) is 13.7. The molecule has 1 aliphatic carbocycles. The van der Waals surface area contributed by atoms with Crippen molar-refractivity contribution in [1.29, 1.82) is 0 Å². The molecule has 206 valence electrons. The number of hydrogen-bond acceptors (Lipinski definition) is 7. The van der Waals surface area contributed by atoms with Crippen LogP contribution >= 0.6 is 0 Å². The monoisotopic (exact) mass is 549 g/mol. The normalized spacial score (nSPS) is 21.3. The Kier molecular flexibility index (Phi) is 6.93. The summed E-state index contributed by atoms with van der Waals surface area (Å²) in [5.74, 6) is 0.329. The van der Waals surface area contributed by atoms with Crippen LogP contribution < -0.4 is 19.8 Å². The van der Waals surface area contributed by atoms with Crippen LogP contribution in [0.15, 0.2) is 65.6 Å². The highest BCUT2D eigenvalue weighted by Gasteiger charge is 2.39. The van der Waals surface area contributed by atoms with Crippen molar-refractivity contribution in [2.45, 2.75) is 31.9 Å². The van der Waals surface area contributed by atoms with E-state index in [1.54, 1.807) is 6.20 Å². The highest BCUT2D eigenvalue weighted by Crippen LogP contribution is 2.45. The number of nitrogens with zero attached hydrogens (tertiary/aromatic N) is 5. The second-order valence-corrected chi connectivity index (χ2v) is 13.0. The topological polar surface area (TPSA) is 96.7 Å². The van der Waals surface area contributed by atoms with Crippen molar-refractivity contribution in [1.82, 2.24) is 18.7 Å². The number of piperazine rings is 1. The molecular weight excluding hydrogens is 514 g/mol. The van der Waals surface area contributed by atoms with Crippen LogP contribution in [0.2, 0.25) is 0 Å². The van der Waals surface area contributed by atoms with E-state index in [1.807, 2.05) is 65.8 Å². The van der Waals surface area contributed by atoms with Crippen molar-refractivity contribution in [3.05, 3.63) is 81.9 Å². The van der Waals surface area contributed by atoms with Crippen molar-refractivity contribution in [2.24, 2.45) is 5.41 Å². The molecule has 39 heavy (non-hydrogen) atoms. The molecule has 1 aromatic heterocycles. The molecule has 6 rings (SSSR count). The molecule has 3 heterocycles.